The third-order valence-electron chi connectivity index (χ3n) is 30.3. The molecule has 5 heterocycles. The van der Waals surface area contributed by atoms with Crippen LogP contribution in [0.15, 0.2) is 18.2 Å². The quantitative estimate of drug-likeness (QED) is 0.0361. The van der Waals surface area contributed by atoms with Crippen LogP contribution in [0.25, 0.3) is 0 Å². The highest BCUT2D eigenvalue weighted by Gasteiger charge is 2.67. The summed E-state index contributed by atoms with van der Waals surface area (Å²) in [7, 11) is 56.8. The Balaban J connectivity index is 0.000000444. The zero-order valence-corrected chi connectivity index (χ0v) is 98.9. The van der Waals surface area contributed by atoms with Crippen LogP contribution in [0, 0.1) is 17.3 Å². The Hall–Kier alpha value is -5.56. The molecule has 860 valence electrons. The summed E-state index contributed by atoms with van der Waals surface area (Å²) in [5.74, 6) is 8.75. The van der Waals surface area contributed by atoms with Crippen molar-refractivity contribution in [1.82, 2.24) is 163 Å². The summed E-state index contributed by atoms with van der Waals surface area (Å²) in [5, 5.41) is 82.8. The maximum absolute atomic E-state index is 5.82. The molecule has 1 aromatic carbocycles. The Morgan fingerprint density at radius 3 is 0.755 bits per heavy atom. The first-order chi connectivity index (χ1) is 71.2. The highest BCUT2D eigenvalue weighted by atomic mass is 16.5. The number of piperidine rings is 3. The lowest BCUT2D eigenvalue weighted by molar-refractivity contribution is -0.0953. The lowest BCUT2D eigenvalue weighted by Gasteiger charge is -2.70. The summed E-state index contributed by atoms with van der Waals surface area (Å²) >= 11 is 0. The fourth-order valence-corrected chi connectivity index (χ4v) is 21.9. The van der Waals surface area contributed by atoms with E-state index < -0.39 is 0 Å². The van der Waals surface area contributed by atoms with Gasteiger partial charge in [0, 0.05) is 208 Å². The van der Waals surface area contributed by atoms with Crippen LogP contribution in [0.5, 0.6) is 17.2 Å². The van der Waals surface area contributed by atoms with Gasteiger partial charge in [0.05, 0.1) is 19.8 Å². The molecule has 3 saturated heterocycles. The van der Waals surface area contributed by atoms with Crippen molar-refractivity contribution in [2.75, 3.05) is 404 Å². The van der Waals surface area contributed by atoms with Crippen LogP contribution in [-0.2, 0) is 0 Å². The molecule has 8 aliphatic rings. The van der Waals surface area contributed by atoms with Crippen LogP contribution in [0.1, 0.15) is 174 Å². The van der Waals surface area contributed by atoms with Crippen LogP contribution in [0.4, 0.5) is 35.7 Å². The van der Waals surface area contributed by atoms with Gasteiger partial charge in [0.1, 0.15) is 17.2 Å². The second-order valence-corrected chi connectivity index (χ2v) is 42.1. The number of anilines is 6. The van der Waals surface area contributed by atoms with Gasteiger partial charge in [0.2, 0.25) is 35.7 Å². The summed E-state index contributed by atoms with van der Waals surface area (Å²) in [5.41, 5.74) is 1.44. The Labute approximate surface area is 896 Å². The molecule has 40 heteroatoms. The maximum atomic E-state index is 5.82. The van der Waals surface area contributed by atoms with Crippen molar-refractivity contribution in [2.24, 2.45) is 17.3 Å². The maximum Gasteiger partial charge on any atom is 0.231 e. The molecular formula is C107H229N37O3. The van der Waals surface area contributed by atoms with Gasteiger partial charge in [-0.3, -0.25) is 0 Å². The topological polar surface area (TPSA) is 425 Å². The lowest BCUT2D eigenvalue weighted by Crippen LogP contribution is -2.81. The van der Waals surface area contributed by atoms with Gasteiger partial charge in [-0.15, -0.1) is 0 Å². The number of hydrogen-bond donors (Lipinski definition) is 25. The van der Waals surface area contributed by atoms with E-state index in [9.17, 15) is 0 Å². The van der Waals surface area contributed by atoms with Crippen molar-refractivity contribution in [2.45, 2.75) is 232 Å². The summed E-state index contributed by atoms with van der Waals surface area (Å²) in [6.45, 7) is 28.3. The average molecular weight is 2080 g/mol. The normalized spacial score (nSPS) is 20.8. The van der Waals surface area contributed by atoms with E-state index in [1.165, 1.54) is 89.9 Å². The molecular weight excluding hydrogens is 1850 g/mol. The Bertz CT molecular complexity index is 3150. The zero-order chi connectivity index (χ0) is 108. The minimum atomic E-state index is 0.257. The van der Waals surface area contributed by atoms with Crippen LogP contribution >= 0.6 is 0 Å². The largest absolute Gasteiger partial charge is 0.493 e. The second kappa shape index (κ2) is 81.1. The fourth-order valence-electron chi connectivity index (χ4n) is 21.9. The van der Waals surface area contributed by atoms with E-state index in [0.717, 1.165) is 293 Å². The van der Waals surface area contributed by atoms with Crippen molar-refractivity contribution >= 4 is 35.7 Å². The van der Waals surface area contributed by atoms with Crippen LogP contribution in [0.2, 0.25) is 0 Å². The number of nitrogens with one attached hydrogen (secondary N) is 25. The Kier molecular flexibility index (Phi) is 74.8. The van der Waals surface area contributed by atoms with E-state index >= 15 is 0 Å². The molecule has 3 aliphatic heterocycles. The predicted molar refractivity (Wildman–Crippen MR) is 627 cm³/mol. The highest BCUT2D eigenvalue weighted by molar-refractivity contribution is 5.49. The van der Waals surface area contributed by atoms with Crippen molar-refractivity contribution < 1.29 is 14.2 Å². The van der Waals surface area contributed by atoms with Crippen LogP contribution in [0.3, 0.4) is 0 Å². The second-order valence-electron chi connectivity index (χ2n) is 42.1. The summed E-state index contributed by atoms with van der Waals surface area (Å²) in [4.78, 5) is 42.4. The lowest BCUT2D eigenvalue weighted by atomic mass is 9.44. The molecule has 0 spiro atoms. The zero-order valence-electron chi connectivity index (χ0n) is 98.9. The van der Waals surface area contributed by atoms with Gasteiger partial charge in [-0.2, -0.15) is 29.9 Å². The van der Waals surface area contributed by atoms with Crippen LogP contribution in [-0.4, -0.2) is 463 Å². The third kappa shape index (κ3) is 52.5. The first kappa shape index (κ1) is 136. The minimum absolute atomic E-state index is 0.257. The van der Waals surface area contributed by atoms with E-state index in [4.69, 9.17) is 44.1 Å². The Morgan fingerprint density at radius 1 is 0.299 bits per heavy atom. The van der Waals surface area contributed by atoms with Gasteiger partial charge in [0.15, 0.2) is 0 Å². The number of benzene rings is 1. The van der Waals surface area contributed by atoms with Gasteiger partial charge >= 0.3 is 0 Å². The number of ether oxygens (including phenoxy) is 3. The molecule has 2 aromatic heterocycles. The number of rotatable bonds is 66. The molecule has 0 amide bonds. The molecule has 8 fully saturated rings. The molecule has 147 heavy (non-hydrogen) atoms. The number of nitrogens with zero attached hydrogens (tertiary/aromatic N) is 12. The summed E-state index contributed by atoms with van der Waals surface area (Å²) in [6.07, 6.45) is 30.9. The number of aromatic nitrogens is 6. The SMILES string of the molecule is CCCCC(CCNC)CCNC.CNC12CC3(NC)CC(NC)(C1)CC(NC)(C2)C3.CNC1CC(NC)CC(NC)C1.CNC1CCN(c2nc(N3CCC(NC)CC3)nc(N3CCC(NC)CC3)n2)CC1.CNCC(CNC)(CNC)CNC.CNCC(CNC)CNC.CNCCCN(C)c1nc(N(C)CCCNC)nc(N(C)CCCNC)n1.CNCCCOc1cc(OCCCNC)cc(OCCCNC)c1. The van der Waals surface area contributed by atoms with Gasteiger partial charge < -0.3 is 177 Å². The van der Waals surface area contributed by atoms with Gasteiger partial charge in [-0.05, 0) is 388 Å². The summed E-state index contributed by atoms with van der Waals surface area (Å²) < 4.78 is 17.5. The smallest absolute Gasteiger partial charge is 0.231 e. The van der Waals surface area contributed by atoms with E-state index in [2.05, 4.69) is 240 Å². The van der Waals surface area contributed by atoms with Crippen molar-refractivity contribution in [3.63, 3.8) is 0 Å². The predicted octanol–water partition coefficient (Wildman–Crippen LogP) is 2.35. The standard InChI is InChI=1S/C21H39N9.C18H39N9.C18H33N3O3.C14H28N4.C11H26N2.C9H24N4.C9H21N3.C7H19N3/c1-22-16-4-10-28(11-5-16)19-25-20(29-12-6-17(23-2)7-13-29)27-21(26-19)30-14-8-18(24-3)9-15-30;1-19-10-7-13-25(4)16-22-17(26(5)14-8-11-20-2)24-18(23-16)27(6)15-9-12-21-3;1-19-7-4-10-22-16-13-17(23-11-5-8-20-2)15-18(14-16)24-12-6-9-21-3;1-15-11-5-12(16-2)8-13(6-11,17-3)10-14(7-11,9-12)18-4;1-4-5-6-11(7-9-12-2)8-10-13-3;1-10-5-9(6-11-2,7-12-3)8-13-4;1-10-7-4-8(11-2)6-9(5-7)12-3;1-8-4-7(5-9-2)6-10-3/h16-18,22-24H,4-15H2,1-3H3;19-21H,7-15H2,1-6H3;13-15,19-21H,4-12H2,1-3H3;15-18H,5-10H2,1-4H3;11-13H,4-10H2,1-3H3;10-13H,5-8H2,1-4H3;7-12H,4-6H2,1-3H3;7-10H,4-6H2,1-3H3. The molecule has 3 aromatic rings. The molecule has 0 unspecified atom stereocenters. The van der Waals surface area contributed by atoms with Crippen molar-refractivity contribution in [3.05, 3.63) is 18.2 Å². The molecule has 40 nitrogen and oxygen atoms in total. The van der Waals surface area contributed by atoms with Crippen molar-refractivity contribution in [1.29, 1.82) is 0 Å². The minimum Gasteiger partial charge on any atom is -0.493 e. The molecule has 11 rings (SSSR count). The molecule has 4 bridgehead atoms. The molecule has 5 saturated carbocycles. The van der Waals surface area contributed by atoms with E-state index in [-0.39, 0.29) is 5.41 Å². The van der Waals surface area contributed by atoms with Crippen LogP contribution < -0.4 is 177 Å². The third-order valence-corrected chi connectivity index (χ3v) is 30.3. The molecule has 0 atom stereocenters. The fraction of sp³-hybridized carbons (Fsp3) is 0.888. The average Bonchev–Trinajstić information content (AvgIpc) is 0.687. The van der Waals surface area contributed by atoms with Gasteiger partial charge in [0.25, 0.3) is 0 Å². The van der Waals surface area contributed by atoms with Gasteiger partial charge in [-0.1, -0.05) is 26.2 Å². The first-order valence-electron chi connectivity index (χ1n) is 56.7. The van der Waals surface area contributed by atoms with E-state index in [1.807, 2.05) is 145 Å². The number of unbranched alkanes of at least 4 members (excludes halogenated alkanes) is 1. The van der Waals surface area contributed by atoms with E-state index in [1.54, 1.807) is 0 Å². The van der Waals surface area contributed by atoms with Crippen molar-refractivity contribution in [3.8, 4) is 17.2 Å². The first-order valence-corrected chi connectivity index (χ1v) is 56.7. The van der Waals surface area contributed by atoms with E-state index in [0.29, 0.717) is 84.1 Å². The molecule has 5 aliphatic carbocycles. The summed E-state index contributed by atoms with van der Waals surface area (Å²) in [6, 6.07) is 9.61. The monoisotopic (exact) mass is 2080 g/mol. The molecule has 0 radical (unpaired) electrons. The Morgan fingerprint density at radius 2 is 0.544 bits per heavy atom. The van der Waals surface area contributed by atoms with Gasteiger partial charge in [-0.25, -0.2) is 0 Å². The highest BCUT2D eigenvalue weighted by Crippen LogP contribution is 2.60. The number of hydrogen-bond acceptors (Lipinski definition) is 40. The molecule has 25 N–H and O–H groups in total.